The molecular weight excluding hydrogens is 380 g/mol. The normalized spacial score (nSPS) is 17.0. The average molecular weight is 398 g/mol. The number of hydrogen-bond donors (Lipinski definition) is 2. The van der Waals surface area contributed by atoms with Crippen molar-refractivity contribution >= 4 is 39.2 Å². The van der Waals surface area contributed by atoms with Crippen molar-refractivity contribution in [2.45, 2.75) is 18.3 Å². The highest BCUT2D eigenvalue weighted by molar-refractivity contribution is 9.10. The number of aromatic nitrogens is 2. The Kier molecular flexibility index (Phi) is 5.04. The van der Waals surface area contributed by atoms with Crippen LogP contribution in [-0.4, -0.2) is 29.7 Å². The molecule has 1 aromatic heterocycles. The van der Waals surface area contributed by atoms with E-state index < -0.39 is 0 Å². The summed E-state index contributed by atoms with van der Waals surface area (Å²) in [7, 11) is 0. The summed E-state index contributed by atoms with van der Waals surface area (Å²) >= 11 is 9.67. The number of nitrogens with two attached hydrogens (primary N) is 1. The van der Waals surface area contributed by atoms with Gasteiger partial charge in [0.25, 0.3) is 0 Å². The van der Waals surface area contributed by atoms with Gasteiger partial charge in [-0.25, -0.2) is 9.97 Å². The molecule has 1 aromatic carbocycles. The Morgan fingerprint density at radius 2 is 1.91 bits per heavy atom. The molecule has 23 heavy (non-hydrogen) atoms. The summed E-state index contributed by atoms with van der Waals surface area (Å²) in [6.45, 7) is 2.21. The smallest absolute Gasteiger partial charge is 0.150 e. The lowest BCUT2D eigenvalue weighted by molar-refractivity contribution is 0.0543. The molecule has 3 rings (SSSR count). The Morgan fingerprint density at radius 3 is 2.61 bits per heavy atom. The third-order valence-electron chi connectivity index (χ3n) is 4.32. The third-order valence-corrected chi connectivity index (χ3v) is 5.22. The van der Waals surface area contributed by atoms with Crippen LogP contribution in [0.5, 0.6) is 0 Å². The topological polar surface area (TPSA) is 73.1 Å². The number of anilines is 2. The maximum Gasteiger partial charge on any atom is 0.150 e. The molecule has 0 saturated carbocycles. The summed E-state index contributed by atoms with van der Waals surface area (Å²) < 4.78 is 6.63. The minimum atomic E-state index is -0.0119. The van der Waals surface area contributed by atoms with E-state index >= 15 is 0 Å². The van der Waals surface area contributed by atoms with Gasteiger partial charge in [-0.2, -0.15) is 0 Å². The Balaban J connectivity index is 1.85. The summed E-state index contributed by atoms with van der Waals surface area (Å²) in [4.78, 5) is 8.08. The molecule has 3 N–H and O–H groups in total. The van der Waals surface area contributed by atoms with Crippen LogP contribution in [0.25, 0.3) is 0 Å². The second-order valence-corrected chi connectivity index (χ2v) is 6.97. The Labute approximate surface area is 148 Å². The van der Waals surface area contributed by atoms with Gasteiger partial charge in [0.15, 0.2) is 0 Å². The van der Waals surface area contributed by atoms with Gasteiger partial charge >= 0.3 is 0 Å². The van der Waals surface area contributed by atoms with Crippen LogP contribution in [0.1, 0.15) is 18.4 Å². The first-order chi connectivity index (χ1) is 11.1. The van der Waals surface area contributed by atoms with E-state index in [9.17, 15) is 0 Å². The van der Waals surface area contributed by atoms with Gasteiger partial charge in [0.05, 0.1) is 0 Å². The number of halogens is 2. The van der Waals surface area contributed by atoms with Gasteiger partial charge in [0.2, 0.25) is 0 Å². The first-order valence-electron chi connectivity index (χ1n) is 7.44. The maximum atomic E-state index is 6.18. The van der Waals surface area contributed by atoms with E-state index in [1.165, 1.54) is 11.9 Å². The SMILES string of the molecule is Nc1ncnc(NCC2(c3ccc(Br)cc3)CCOCC2)c1Cl. The molecule has 0 aliphatic carbocycles. The fraction of sp³-hybridized carbons (Fsp3) is 0.375. The van der Waals surface area contributed by atoms with Crippen LogP contribution in [-0.2, 0) is 10.2 Å². The van der Waals surface area contributed by atoms with Crippen LogP contribution < -0.4 is 11.1 Å². The van der Waals surface area contributed by atoms with Crippen molar-refractivity contribution in [2.75, 3.05) is 30.8 Å². The molecule has 7 heteroatoms. The zero-order valence-corrected chi connectivity index (χ0v) is 14.9. The van der Waals surface area contributed by atoms with E-state index in [4.69, 9.17) is 22.1 Å². The molecule has 0 atom stereocenters. The minimum Gasteiger partial charge on any atom is -0.382 e. The van der Waals surface area contributed by atoms with Crippen molar-refractivity contribution in [3.05, 3.63) is 45.7 Å². The molecule has 0 spiro atoms. The molecule has 0 bridgehead atoms. The second kappa shape index (κ2) is 7.03. The minimum absolute atomic E-state index is 0.0119. The average Bonchev–Trinajstić information content (AvgIpc) is 2.58. The van der Waals surface area contributed by atoms with Gasteiger partial charge in [-0.05, 0) is 30.5 Å². The molecule has 2 heterocycles. The Bertz CT molecular complexity index is 674. The molecule has 1 saturated heterocycles. The summed E-state index contributed by atoms with van der Waals surface area (Å²) in [5, 5.41) is 3.71. The predicted octanol–water partition coefficient (Wildman–Crippen LogP) is 3.64. The lowest BCUT2D eigenvalue weighted by atomic mass is 9.74. The van der Waals surface area contributed by atoms with E-state index in [1.54, 1.807) is 0 Å². The first kappa shape index (κ1) is 16.5. The molecule has 1 aliphatic rings. The van der Waals surface area contributed by atoms with Crippen molar-refractivity contribution in [2.24, 2.45) is 0 Å². The van der Waals surface area contributed by atoms with Gasteiger partial charge in [-0.15, -0.1) is 0 Å². The summed E-state index contributed by atoms with van der Waals surface area (Å²) in [5.74, 6) is 0.857. The van der Waals surface area contributed by atoms with Gasteiger partial charge in [-0.3, -0.25) is 0 Å². The summed E-state index contributed by atoms with van der Waals surface area (Å²) in [6, 6.07) is 8.46. The maximum absolute atomic E-state index is 6.18. The fourth-order valence-corrected chi connectivity index (χ4v) is 3.32. The van der Waals surface area contributed by atoms with Crippen LogP contribution in [0, 0.1) is 0 Å². The first-order valence-corrected chi connectivity index (χ1v) is 8.61. The largest absolute Gasteiger partial charge is 0.382 e. The highest BCUT2D eigenvalue weighted by atomic mass is 79.9. The van der Waals surface area contributed by atoms with Crippen LogP contribution in [0.4, 0.5) is 11.6 Å². The Morgan fingerprint density at radius 1 is 1.22 bits per heavy atom. The Hall–Kier alpha value is -1.37. The highest BCUT2D eigenvalue weighted by Gasteiger charge is 2.34. The molecule has 1 aliphatic heterocycles. The predicted molar refractivity (Wildman–Crippen MR) is 95.8 cm³/mol. The van der Waals surface area contributed by atoms with Gasteiger partial charge in [0, 0.05) is 29.6 Å². The number of nitrogens with zero attached hydrogens (tertiary/aromatic N) is 2. The summed E-state index contributed by atoms with van der Waals surface area (Å²) in [6.07, 6.45) is 3.31. The second-order valence-electron chi connectivity index (χ2n) is 5.67. The third kappa shape index (κ3) is 3.59. The van der Waals surface area contributed by atoms with Crippen molar-refractivity contribution in [3.8, 4) is 0 Å². The van der Waals surface area contributed by atoms with Crippen molar-refractivity contribution in [1.82, 2.24) is 9.97 Å². The molecule has 5 nitrogen and oxygen atoms in total. The van der Waals surface area contributed by atoms with E-state index in [2.05, 4.69) is 55.5 Å². The highest BCUT2D eigenvalue weighted by Crippen LogP contribution is 2.36. The van der Waals surface area contributed by atoms with E-state index in [0.717, 1.165) is 30.5 Å². The molecule has 1 fully saturated rings. The van der Waals surface area contributed by atoms with Gasteiger partial charge < -0.3 is 15.8 Å². The van der Waals surface area contributed by atoms with Crippen molar-refractivity contribution in [3.63, 3.8) is 0 Å². The quantitative estimate of drug-likeness (QED) is 0.824. The molecule has 122 valence electrons. The standard InChI is InChI=1S/C16H18BrClN4O/c17-12-3-1-11(2-4-12)16(5-7-23-8-6-16)9-20-15-13(18)14(19)21-10-22-15/h1-4,10H,5-9H2,(H3,19,20,21,22). The van der Waals surface area contributed by atoms with Crippen molar-refractivity contribution in [1.29, 1.82) is 0 Å². The lowest BCUT2D eigenvalue weighted by Crippen LogP contribution is -2.40. The zero-order chi connectivity index (χ0) is 16.3. The van der Waals surface area contributed by atoms with Crippen LogP contribution in [0.3, 0.4) is 0 Å². The number of benzene rings is 1. The monoisotopic (exact) mass is 396 g/mol. The van der Waals surface area contributed by atoms with E-state index in [-0.39, 0.29) is 11.2 Å². The van der Waals surface area contributed by atoms with Gasteiger partial charge in [0.1, 0.15) is 23.0 Å². The van der Waals surface area contributed by atoms with Crippen LogP contribution in [0.2, 0.25) is 5.02 Å². The number of nitrogen functional groups attached to an aromatic ring is 1. The molecular formula is C16H18BrClN4O. The number of rotatable bonds is 4. The van der Waals surface area contributed by atoms with Crippen LogP contribution >= 0.6 is 27.5 Å². The zero-order valence-electron chi connectivity index (χ0n) is 12.6. The lowest BCUT2D eigenvalue weighted by Gasteiger charge is -2.38. The molecule has 0 unspecified atom stereocenters. The number of nitrogens with one attached hydrogen (secondary N) is 1. The summed E-state index contributed by atoms with van der Waals surface area (Å²) in [5.41, 5.74) is 7.02. The molecule has 0 amide bonds. The van der Waals surface area contributed by atoms with Crippen LogP contribution in [0.15, 0.2) is 35.1 Å². The molecule has 0 radical (unpaired) electrons. The number of hydrogen-bond acceptors (Lipinski definition) is 5. The molecule has 2 aromatic rings. The van der Waals surface area contributed by atoms with E-state index in [1.807, 2.05) is 0 Å². The fourth-order valence-electron chi connectivity index (χ4n) is 2.89. The van der Waals surface area contributed by atoms with Crippen molar-refractivity contribution < 1.29 is 4.74 Å². The van der Waals surface area contributed by atoms with Gasteiger partial charge in [-0.1, -0.05) is 39.7 Å². The number of ether oxygens (including phenoxy) is 1. The van der Waals surface area contributed by atoms with E-state index in [0.29, 0.717) is 17.4 Å².